The van der Waals surface area contributed by atoms with Crippen LogP contribution in [0.4, 0.5) is 24.5 Å². The second-order valence-electron chi connectivity index (χ2n) is 7.94. The number of hydrogen-bond donors (Lipinski definition) is 2. The SMILES string of the molecule is CS(=O)(=O)Nc1cc(N2CCc3cc(-c4ccc(C(F)(F)F)c(Cl)c4Cl)ccc3C2=O)ccc1O. The van der Waals surface area contributed by atoms with E-state index in [9.17, 15) is 31.5 Å². The average Bonchev–Trinajstić information content (AvgIpc) is 2.75. The van der Waals surface area contributed by atoms with Gasteiger partial charge in [-0.2, -0.15) is 13.2 Å². The molecule has 2 N–H and O–H groups in total. The topological polar surface area (TPSA) is 86.7 Å². The smallest absolute Gasteiger partial charge is 0.417 e. The summed E-state index contributed by atoms with van der Waals surface area (Å²) in [6, 6.07) is 11.0. The molecule has 0 radical (unpaired) electrons. The molecule has 1 heterocycles. The number of amides is 1. The zero-order valence-electron chi connectivity index (χ0n) is 18.0. The Bertz CT molecular complexity index is 1460. The van der Waals surface area contributed by atoms with Crippen LogP contribution in [0, 0.1) is 0 Å². The summed E-state index contributed by atoms with van der Waals surface area (Å²) in [5, 5.41) is 9.12. The van der Waals surface area contributed by atoms with E-state index < -0.39 is 26.8 Å². The van der Waals surface area contributed by atoms with Crippen molar-refractivity contribution in [1.82, 2.24) is 0 Å². The molecule has 0 saturated heterocycles. The number of benzene rings is 3. The molecule has 1 amide bonds. The van der Waals surface area contributed by atoms with Crippen molar-refractivity contribution in [3.63, 3.8) is 0 Å². The van der Waals surface area contributed by atoms with Gasteiger partial charge in [0.25, 0.3) is 5.91 Å². The van der Waals surface area contributed by atoms with Crippen LogP contribution in [-0.4, -0.2) is 32.2 Å². The fraction of sp³-hybridized carbons (Fsp3) is 0.174. The molecule has 35 heavy (non-hydrogen) atoms. The van der Waals surface area contributed by atoms with Crippen LogP contribution in [0.25, 0.3) is 11.1 Å². The van der Waals surface area contributed by atoms with E-state index in [4.69, 9.17) is 23.2 Å². The van der Waals surface area contributed by atoms with Gasteiger partial charge in [-0.15, -0.1) is 0 Å². The van der Waals surface area contributed by atoms with Gasteiger partial charge in [0.1, 0.15) is 5.75 Å². The quantitative estimate of drug-likeness (QED) is 0.397. The number of halogens is 5. The van der Waals surface area contributed by atoms with Crippen molar-refractivity contribution in [2.45, 2.75) is 12.6 Å². The molecule has 184 valence electrons. The molecule has 4 rings (SSSR count). The fourth-order valence-electron chi connectivity index (χ4n) is 3.87. The third kappa shape index (κ3) is 5.05. The first-order chi connectivity index (χ1) is 16.3. The van der Waals surface area contributed by atoms with Gasteiger partial charge < -0.3 is 10.0 Å². The number of sulfonamides is 1. The number of nitrogens with zero attached hydrogens (tertiary/aromatic N) is 1. The molecule has 0 bridgehead atoms. The number of alkyl halides is 3. The minimum Gasteiger partial charge on any atom is -0.506 e. The van der Waals surface area contributed by atoms with E-state index in [1.165, 1.54) is 29.2 Å². The van der Waals surface area contributed by atoms with Gasteiger partial charge in [0.2, 0.25) is 10.0 Å². The van der Waals surface area contributed by atoms with Gasteiger partial charge in [0, 0.05) is 23.4 Å². The van der Waals surface area contributed by atoms with Crippen molar-refractivity contribution in [2.24, 2.45) is 0 Å². The van der Waals surface area contributed by atoms with Crippen LogP contribution >= 0.6 is 23.2 Å². The van der Waals surface area contributed by atoms with Crippen LogP contribution in [0.3, 0.4) is 0 Å². The van der Waals surface area contributed by atoms with E-state index in [-0.39, 0.29) is 28.9 Å². The number of carbonyl (C=O) groups is 1. The van der Waals surface area contributed by atoms with Gasteiger partial charge in [0.15, 0.2) is 0 Å². The molecule has 0 spiro atoms. The van der Waals surface area contributed by atoms with Crippen molar-refractivity contribution in [3.8, 4) is 16.9 Å². The van der Waals surface area contributed by atoms with Crippen molar-refractivity contribution in [1.29, 1.82) is 0 Å². The number of carbonyl (C=O) groups excluding carboxylic acids is 1. The third-order valence-electron chi connectivity index (χ3n) is 5.47. The maximum Gasteiger partial charge on any atom is 0.417 e. The van der Waals surface area contributed by atoms with E-state index in [0.717, 1.165) is 12.3 Å². The summed E-state index contributed by atoms with van der Waals surface area (Å²) in [6.07, 6.45) is -3.29. The maximum absolute atomic E-state index is 13.2. The largest absolute Gasteiger partial charge is 0.506 e. The number of phenols is 1. The van der Waals surface area contributed by atoms with Crippen molar-refractivity contribution < 1.29 is 31.5 Å². The summed E-state index contributed by atoms with van der Waals surface area (Å²) in [7, 11) is -3.65. The number of hydrogen-bond acceptors (Lipinski definition) is 4. The standard InChI is InChI=1S/C23H17Cl2F3N2O4S/c1-35(33,34)29-18-11-14(3-7-19(18)31)30-9-8-13-10-12(2-4-16(13)22(30)32)15-5-6-17(23(26,27)28)21(25)20(15)24/h2-7,10-11,29,31H,8-9H2,1H3. The Kier molecular flexibility index (Phi) is 6.41. The second kappa shape index (κ2) is 8.92. The Labute approximate surface area is 208 Å². The molecule has 3 aromatic carbocycles. The lowest BCUT2D eigenvalue weighted by Gasteiger charge is -2.29. The minimum atomic E-state index is -4.64. The van der Waals surface area contributed by atoms with E-state index in [0.29, 0.717) is 34.4 Å². The summed E-state index contributed by atoms with van der Waals surface area (Å²) in [4.78, 5) is 14.6. The first-order valence-corrected chi connectivity index (χ1v) is 12.7. The second-order valence-corrected chi connectivity index (χ2v) is 10.4. The number of anilines is 2. The summed E-state index contributed by atoms with van der Waals surface area (Å²) >= 11 is 12.0. The molecule has 1 aliphatic heterocycles. The normalized spacial score (nSPS) is 14.1. The van der Waals surface area contributed by atoms with Crippen LogP contribution < -0.4 is 9.62 Å². The van der Waals surface area contributed by atoms with Gasteiger partial charge in [-0.05, 0) is 47.9 Å². The van der Waals surface area contributed by atoms with Gasteiger partial charge in [-0.3, -0.25) is 9.52 Å². The number of rotatable bonds is 4. The molecule has 6 nitrogen and oxygen atoms in total. The molecular weight excluding hydrogens is 528 g/mol. The fourth-order valence-corrected chi connectivity index (χ4v) is 4.98. The predicted octanol–water partition coefficient (Wildman–Crippen LogP) is 5.96. The van der Waals surface area contributed by atoms with E-state index >= 15 is 0 Å². The summed E-state index contributed by atoms with van der Waals surface area (Å²) in [5.74, 6) is -0.647. The molecule has 0 aliphatic carbocycles. The highest BCUT2D eigenvalue weighted by Gasteiger charge is 2.35. The van der Waals surface area contributed by atoms with Crippen LogP contribution in [0.15, 0.2) is 48.5 Å². The van der Waals surface area contributed by atoms with Crippen LogP contribution in [-0.2, 0) is 22.6 Å². The van der Waals surface area contributed by atoms with Gasteiger partial charge in [-0.1, -0.05) is 41.4 Å². The highest BCUT2D eigenvalue weighted by Crippen LogP contribution is 2.43. The van der Waals surface area contributed by atoms with Crippen molar-refractivity contribution in [2.75, 3.05) is 22.4 Å². The predicted molar refractivity (Wildman–Crippen MR) is 129 cm³/mol. The van der Waals surface area contributed by atoms with Gasteiger partial charge >= 0.3 is 6.18 Å². The number of aromatic hydroxyl groups is 1. The van der Waals surface area contributed by atoms with E-state index in [1.54, 1.807) is 18.2 Å². The molecule has 1 aliphatic rings. The molecule has 0 fully saturated rings. The first kappa shape index (κ1) is 25.2. The molecule has 3 aromatic rings. The maximum atomic E-state index is 13.2. The Balaban J connectivity index is 1.67. The van der Waals surface area contributed by atoms with Crippen molar-refractivity contribution >= 4 is 50.5 Å². The molecule has 0 atom stereocenters. The Morgan fingerprint density at radius 2 is 1.69 bits per heavy atom. The van der Waals surface area contributed by atoms with Crippen LogP contribution in [0.5, 0.6) is 5.75 Å². The Morgan fingerprint density at radius 3 is 2.34 bits per heavy atom. The highest BCUT2D eigenvalue weighted by atomic mass is 35.5. The minimum absolute atomic E-state index is 0.0623. The van der Waals surface area contributed by atoms with Gasteiger partial charge in [0.05, 0.1) is 27.6 Å². The lowest BCUT2D eigenvalue weighted by molar-refractivity contribution is -0.137. The molecule has 12 heteroatoms. The summed E-state index contributed by atoms with van der Waals surface area (Å²) in [6.45, 7) is 0.250. The van der Waals surface area contributed by atoms with E-state index in [1.807, 2.05) is 0 Å². The lowest BCUT2D eigenvalue weighted by Crippen LogP contribution is -2.37. The van der Waals surface area contributed by atoms with Crippen molar-refractivity contribution in [3.05, 3.63) is 75.3 Å². The molecule has 0 saturated carbocycles. The monoisotopic (exact) mass is 544 g/mol. The number of phenolic OH excluding ortho intramolecular Hbond substituents is 1. The lowest BCUT2D eigenvalue weighted by atomic mass is 9.93. The van der Waals surface area contributed by atoms with Crippen LogP contribution in [0.2, 0.25) is 10.0 Å². The Hall–Kier alpha value is -2.95. The van der Waals surface area contributed by atoms with E-state index in [2.05, 4.69) is 4.72 Å². The summed E-state index contributed by atoms with van der Waals surface area (Å²) < 4.78 is 64.6. The number of fused-ring (bicyclic) bond motifs is 1. The van der Waals surface area contributed by atoms with Crippen LogP contribution in [0.1, 0.15) is 21.5 Å². The van der Waals surface area contributed by atoms with Gasteiger partial charge in [-0.25, -0.2) is 8.42 Å². The molecular formula is C23H17Cl2F3N2O4S. The Morgan fingerprint density at radius 1 is 1.00 bits per heavy atom. The average molecular weight is 545 g/mol. The first-order valence-electron chi connectivity index (χ1n) is 10.1. The molecule has 0 unspecified atom stereocenters. The highest BCUT2D eigenvalue weighted by molar-refractivity contribution is 7.92. The zero-order valence-corrected chi connectivity index (χ0v) is 20.3. The zero-order chi connectivity index (χ0) is 25.7. The summed E-state index contributed by atoms with van der Waals surface area (Å²) in [5.41, 5.74) is 1.14. The molecule has 0 aromatic heterocycles. The third-order valence-corrected chi connectivity index (χ3v) is 6.94. The number of nitrogens with one attached hydrogen (secondary N) is 1.